The van der Waals surface area contributed by atoms with Gasteiger partial charge < -0.3 is 18.4 Å². The van der Waals surface area contributed by atoms with E-state index in [2.05, 4.69) is 41.8 Å². The quantitative estimate of drug-likeness (QED) is 0.634. The molecule has 0 saturated carbocycles. The normalized spacial score (nSPS) is 24.9. The van der Waals surface area contributed by atoms with E-state index in [1.54, 1.807) is 0 Å². The third-order valence-electron chi connectivity index (χ3n) is 5.38. The van der Waals surface area contributed by atoms with Gasteiger partial charge in [0.1, 0.15) is 25.3 Å². The van der Waals surface area contributed by atoms with Gasteiger partial charge in [0.2, 0.25) is 0 Å². The first-order valence-electron chi connectivity index (χ1n) is 8.30. The van der Waals surface area contributed by atoms with Crippen LogP contribution in [0.5, 0.6) is 0 Å². The van der Waals surface area contributed by atoms with Gasteiger partial charge in [0.25, 0.3) is 0 Å². The first kappa shape index (κ1) is 17.9. The molecule has 0 N–H and O–H groups in total. The van der Waals surface area contributed by atoms with Crippen LogP contribution in [-0.4, -0.2) is 87.8 Å². The van der Waals surface area contributed by atoms with Crippen LogP contribution in [0.4, 0.5) is 0 Å². The maximum absolute atomic E-state index is 6.07. The van der Waals surface area contributed by atoms with Crippen LogP contribution in [0.1, 0.15) is 27.7 Å². The van der Waals surface area contributed by atoms with Crippen molar-refractivity contribution in [3.63, 3.8) is 0 Å². The zero-order chi connectivity index (χ0) is 15.2. The molecule has 0 aliphatic carbocycles. The molecule has 1 saturated heterocycles. The van der Waals surface area contributed by atoms with E-state index in [9.17, 15) is 0 Å². The number of hydrogen-bond donors (Lipinski definition) is 0. The molecule has 1 heterocycles. The summed E-state index contributed by atoms with van der Waals surface area (Å²) >= 11 is 0. The first-order valence-corrected chi connectivity index (χ1v) is 8.30. The van der Waals surface area contributed by atoms with E-state index >= 15 is 0 Å². The summed E-state index contributed by atoms with van der Waals surface area (Å²) in [6, 6.07) is 0. The summed E-state index contributed by atoms with van der Waals surface area (Å²) < 4.78 is 14.3. The van der Waals surface area contributed by atoms with Gasteiger partial charge in [-0.15, -0.1) is 0 Å². The van der Waals surface area contributed by atoms with Gasteiger partial charge in [-0.1, -0.05) is 0 Å². The molecular weight excluding hydrogens is 252 g/mol. The van der Waals surface area contributed by atoms with Gasteiger partial charge in [-0.2, -0.15) is 0 Å². The summed E-state index contributed by atoms with van der Waals surface area (Å²) in [4.78, 5) is 0. The van der Waals surface area contributed by atoms with E-state index in [0.29, 0.717) is 0 Å². The van der Waals surface area contributed by atoms with Crippen molar-refractivity contribution >= 4 is 0 Å². The molecule has 2 atom stereocenters. The van der Waals surface area contributed by atoms with Gasteiger partial charge in [-0.05, 0) is 27.7 Å². The highest BCUT2D eigenvalue weighted by molar-refractivity contribution is 4.68. The van der Waals surface area contributed by atoms with Crippen LogP contribution in [0.2, 0.25) is 0 Å². The third-order valence-corrected chi connectivity index (χ3v) is 5.38. The van der Waals surface area contributed by atoms with Crippen LogP contribution in [-0.2, 0) is 9.47 Å². The van der Waals surface area contributed by atoms with Crippen LogP contribution in [0.25, 0.3) is 0 Å². The van der Waals surface area contributed by atoms with Gasteiger partial charge in [0.15, 0.2) is 0 Å². The number of rotatable bonds is 8. The van der Waals surface area contributed by atoms with Crippen LogP contribution in [0, 0.1) is 0 Å². The van der Waals surface area contributed by atoms with Crippen molar-refractivity contribution in [1.29, 1.82) is 0 Å². The summed E-state index contributed by atoms with van der Waals surface area (Å²) in [7, 11) is 4.61. The Balaban J connectivity index is 2.40. The lowest BCUT2D eigenvalue weighted by Gasteiger charge is -2.40. The Morgan fingerprint density at radius 3 is 1.20 bits per heavy atom. The molecule has 1 fully saturated rings. The fraction of sp³-hybridized carbons (Fsp3) is 1.00. The number of quaternary nitrogens is 2. The second kappa shape index (κ2) is 7.74. The Morgan fingerprint density at radius 2 is 1.00 bits per heavy atom. The second-order valence-electron chi connectivity index (χ2n) is 6.78. The molecular formula is C16H36N2O2+2. The van der Waals surface area contributed by atoms with Crippen LogP contribution < -0.4 is 0 Å². The lowest BCUT2D eigenvalue weighted by Crippen LogP contribution is -2.55. The van der Waals surface area contributed by atoms with Crippen molar-refractivity contribution in [3.05, 3.63) is 0 Å². The molecule has 0 amide bonds. The predicted octanol–water partition coefficient (Wildman–Crippen LogP) is 1.74. The summed E-state index contributed by atoms with van der Waals surface area (Å²) in [5.41, 5.74) is 0. The molecule has 0 bridgehead atoms. The van der Waals surface area contributed by atoms with E-state index in [-0.39, 0.29) is 12.2 Å². The van der Waals surface area contributed by atoms with Crippen molar-refractivity contribution in [2.45, 2.75) is 39.9 Å². The summed E-state index contributed by atoms with van der Waals surface area (Å²) in [6.07, 6.45) is 0.524. The summed E-state index contributed by atoms with van der Waals surface area (Å²) in [5.74, 6) is 0. The molecule has 20 heavy (non-hydrogen) atoms. The number of nitrogens with zero attached hydrogens (tertiary/aromatic N) is 2. The molecule has 0 aromatic carbocycles. The Bertz CT molecular complexity index is 240. The van der Waals surface area contributed by atoms with Crippen molar-refractivity contribution in [1.82, 2.24) is 0 Å². The maximum Gasteiger partial charge on any atom is 0.130 e. The van der Waals surface area contributed by atoms with Crippen molar-refractivity contribution in [3.8, 4) is 0 Å². The number of hydrogen-bond acceptors (Lipinski definition) is 2. The van der Waals surface area contributed by atoms with E-state index < -0.39 is 0 Å². The number of ether oxygens (including phenoxy) is 2. The highest BCUT2D eigenvalue weighted by Crippen LogP contribution is 2.15. The van der Waals surface area contributed by atoms with Gasteiger partial charge in [0, 0.05) is 0 Å². The Labute approximate surface area is 125 Å². The second-order valence-corrected chi connectivity index (χ2v) is 6.78. The molecule has 1 aliphatic rings. The Hall–Kier alpha value is -0.160. The fourth-order valence-electron chi connectivity index (χ4n) is 2.74. The van der Waals surface area contributed by atoms with Gasteiger partial charge in [0.05, 0.1) is 53.5 Å². The van der Waals surface area contributed by atoms with Crippen LogP contribution >= 0.6 is 0 Å². The first-order chi connectivity index (χ1) is 9.40. The average molecular weight is 288 g/mol. The van der Waals surface area contributed by atoms with E-state index in [4.69, 9.17) is 9.47 Å². The fourth-order valence-corrected chi connectivity index (χ4v) is 2.74. The summed E-state index contributed by atoms with van der Waals surface area (Å²) in [5, 5.41) is 0. The van der Waals surface area contributed by atoms with Crippen LogP contribution in [0.3, 0.4) is 0 Å². The molecule has 0 unspecified atom stereocenters. The highest BCUT2D eigenvalue weighted by atomic mass is 16.6. The highest BCUT2D eigenvalue weighted by Gasteiger charge is 2.32. The van der Waals surface area contributed by atoms with Crippen molar-refractivity contribution in [2.24, 2.45) is 0 Å². The smallest absolute Gasteiger partial charge is 0.130 e. The molecule has 0 radical (unpaired) electrons. The van der Waals surface area contributed by atoms with E-state index in [0.717, 1.165) is 61.4 Å². The molecule has 4 nitrogen and oxygen atoms in total. The SMILES string of the molecule is CC[N+](C)(CC)C[C@@H]1CO[C@H](C[N+](C)(CC)CC)CO1. The number of likely N-dealkylation sites (N-methyl/N-ethyl adjacent to an activating group) is 2. The Kier molecular flexibility index (Phi) is 6.92. The average Bonchev–Trinajstić information content (AvgIpc) is 2.49. The molecule has 120 valence electrons. The van der Waals surface area contributed by atoms with Gasteiger partial charge in [-0.3, -0.25) is 0 Å². The molecule has 4 heteroatoms. The van der Waals surface area contributed by atoms with Crippen molar-refractivity contribution in [2.75, 3.05) is 66.6 Å². The molecule has 1 rings (SSSR count). The van der Waals surface area contributed by atoms with Gasteiger partial charge in [-0.25, -0.2) is 0 Å². The molecule has 1 aliphatic heterocycles. The largest absolute Gasteiger partial charge is 0.367 e. The zero-order valence-corrected chi connectivity index (χ0v) is 14.5. The van der Waals surface area contributed by atoms with E-state index in [1.165, 1.54) is 0 Å². The molecule has 0 aromatic heterocycles. The minimum absolute atomic E-state index is 0.262. The van der Waals surface area contributed by atoms with E-state index in [1.807, 2.05) is 0 Å². The minimum Gasteiger partial charge on any atom is -0.367 e. The van der Waals surface area contributed by atoms with Crippen LogP contribution in [0.15, 0.2) is 0 Å². The minimum atomic E-state index is 0.262. The molecule has 0 aromatic rings. The van der Waals surface area contributed by atoms with Crippen molar-refractivity contribution < 1.29 is 18.4 Å². The lowest BCUT2D eigenvalue weighted by atomic mass is 10.2. The predicted molar refractivity (Wildman–Crippen MR) is 83.7 cm³/mol. The maximum atomic E-state index is 6.07. The standard InChI is InChI=1S/C16H36N2O2/c1-7-17(5,8-2)11-15-13-20-16(14-19-15)12-18(6,9-3)10-4/h15-16H,7-14H2,1-6H3/q+2/t15-,16-/m1/s1. The monoisotopic (exact) mass is 288 g/mol. The Morgan fingerprint density at radius 1 is 0.700 bits per heavy atom. The van der Waals surface area contributed by atoms with Gasteiger partial charge >= 0.3 is 0 Å². The zero-order valence-electron chi connectivity index (χ0n) is 14.5. The lowest BCUT2D eigenvalue weighted by molar-refractivity contribution is -0.912. The summed E-state index contributed by atoms with van der Waals surface area (Å²) in [6.45, 7) is 17.3. The topological polar surface area (TPSA) is 18.5 Å². The molecule has 0 spiro atoms. The third kappa shape index (κ3) is 4.99.